The van der Waals surface area contributed by atoms with Gasteiger partial charge < -0.3 is 5.73 Å². The van der Waals surface area contributed by atoms with Gasteiger partial charge in [0.1, 0.15) is 10.7 Å². The number of nitrogens with zero attached hydrogens (tertiary/aromatic N) is 2. The van der Waals surface area contributed by atoms with E-state index in [-0.39, 0.29) is 4.90 Å². The topological polar surface area (TPSA) is 76.3 Å². The Hall–Kier alpha value is -1.14. The van der Waals surface area contributed by atoms with Crippen LogP contribution in [-0.4, -0.2) is 30.8 Å². The van der Waals surface area contributed by atoms with Crippen molar-refractivity contribution in [3.8, 4) is 0 Å². The largest absolute Gasteiger partial charge is 0.384 e. The zero-order valence-corrected chi connectivity index (χ0v) is 13.1. The van der Waals surface area contributed by atoms with Crippen LogP contribution < -0.4 is 5.73 Å². The molecule has 0 radical (unpaired) electrons. The van der Waals surface area contributed by atoms with Gasteiger partial charge in [-0.1, -0.05) is 19.3 Å². The second-order valence-electron chi connectivity index (χ2n) is 6.38. The van der Waals surface area contributed by atoms with Gasteiger partial charge in [-0.2, -0.15) is 4.31 Å². The lowest BCUT2D eigenvalue weighted by Crippen LogP contribution is -2.43. The molecule has 2 fully saturated rings. The van der Waals surface area contributed by atoms with E-state index in [0.717, 1.165) is 12.8 Å². The van der Waals surface area contributed by atoms with E-state index in [9.17, 15) is 8.42 Å². The van der Waals surface area contributed by atoms with Crippen molar-refractivity contribution in [2.45, 2.75) is 49.8 Å². The highest BCUT2D eigenvalue weighted by molar-refractivity contribution is 7.89. The Balaban J connectivity index is 1.72. The highest BCUT2D eigenvalue weighted by Crippen LogP contribution is 2.45. The van der Waals surface area contributed by atoms with Crippen molar-refractivity contribution in [3.05, 3.63) is 18.3 Å². The first-order valence-electron chi connectivity index (χ1n) is 7.74. The summed E-state index contributed by atoms with van der Waals surface area (Å²) < 4.78 is 26.8. The number of pyridine rings is 1. The van der Waals surface area contributed by atoms with E-state index in [0.29, 0.717) is 24.3 Å². The Bertz CT molecular complexity index is 582. The Morgan fingerprint density at radius 3 is 2.29 bits per heavy atom. The molecule has 21 heavy (non-hydrogen) atoms. The second kappa shape index (κ2) is 5.57. The summed E-state index contributed by atoms with van der Waals surface area (Å²) in [5, 5.41) is 0. The van der Waals surface area contributed by atoms with Gasteiger partial charge in [0.05, 0.1) is 0 Å². The lowest BCUT2D eigenvalue weighted by atomic mass is 9.68. The van der Waals surface area contributed by atoms with Crippen LogP contribution in [0.25, 0.3) is 0 Å². The van der Waals surface area contributed by atoms with Crippen LogP contribution in [0.1, 0.15) is 44.9 Å². The van der Waals surface area contributed by atoms with Gasteiger partial charge in [-0.15, -0.1) is 0 Å². The highest BCUT2D eigenvalue weighted by atomic mass is 32.2. The van der Waals surface area contributed by atoms with Gasteiger partial charge in [0.2, 0.25) is 10.0 Å². The normalized spacial score (nSPS) is 23.2. The van der Waals surface area contributed by atoms with E-state index in [4.69, 9.17) is 5.73 Å². The molecule has 1 spiro atoms. The van der Waals surface area contributed by atoms with Crippen molar-refractivity contribution < 1.29 is 8.42 Å². The van der Waals surface area contributed by atoms with Crippen molar-refractivity contribution in [2.75, 3.05) is 18.8 Å². The van der Waals surface area contributed by atoms with Crippen molar-refractivity contribution >= 4 is 15.8 Å². The average Bonchev–Trinajstić information content (AvgIpc) is 2.49. The molecule has 0 atom stereocenters. The summed E-state index contributed by atoms with van der Waals surface area (Å²) >= 11 is 0. The lowest BCUT2D eigenvalue weighted by Gasteiger charge is -2.43. The van der Waals surface area contributed by atoms with Crippen LogP contribution >= 0.6 is 0 Å². The number of hydrogen-bond acceptors (Lipinski definition) is 4. The molecule has 1 aliphatic heterocycles. The molecule has 2 aliphatic rings. The third-order valence-electron chi connectivity index (χ3n) is 5.09. The minimum Gasteiger partial charge on any atom is -0.384 e. The van der Waals surface area contributed by atoms with Crippen LogP contribution in [0.15, 0.2) is 23.2 Å². The molecule has 0 unspecified atom stereocenters. The number of anilines is 1. The molecule has 1 aromatic rings. The molecule has 3 rings (SSSR count). The summed E-state index contributed by atoms with van der Waals surface area (Å²) in [7, 11) is -3.42. The van der Waals surface area contributed by atoms with Gasteiger partial charge in [0, 0.05) is 19.3 Å². The van der Waals surface area contributed by atoms with Gasteiger partial charge in [-0.3, -0.25) is 0 Å². The van der Waals surface area contributed by atoms with Gasteiger partial charge in [0.15, 0.2) is 0 Å². The van der Waals surface area contributed by atoms with Crippen LogP contribution in [0.4, 0.5) is 5.82 Å². The Morgan fingerprint density at radius 1 is 1.05 bits per heavy atom. The predicted molar refractivity (Wildman–Crippen MR) is 82.2 cm³/mol. The number of piperidine rings is 1. The molecule has 0 aromatic carbocycles. The van der Waals surface area contributed by atoms with Gasteiger partial charge in [-0.25, -0.2) is 13.4 Å². The number of hydrogen-bond donors (Lipinski definition) is 1. The zero-order chi connectivity index (χ0) is 14.9. The fourth-order valence-corrected chi connectivity index (χ4v) is 5.08. The van der Waals surface area contributed by atoms with E-state index in [1.807, 2.05) is 0 Å². The quantitative estimate of drug-likeness (QED) is 0.910. The summed E-state index contributed by atoms with van der Waals surface area (Å²) in [5.41, 5.74) is 5.93. The number of nitrogens with two attached hydrogens (primary N) is 1. The minimum absolute atomic E-state index is 0.247. The molecular weight excluding hydrogens is 286 g/mol. The van der Waals surface area contributed by atoms with Gasteiger partial charge in [0.25, 0.3) is 0 Å². The summed E-state index contributed by atoms with van der Waals surface area (Å²) in [5.74, 6) is 0.341. The van der Waals surface area contributed by atoms with Gasteiger partial charge >= 0.3 is 0 Å². The summed E-state index contributed by atoms with van der Waals surface area (Å²) in [4.78, 5) is 4.14. The number of nitrogen functional groups attached to an aromatic ring is 1. The van der Waals surface area contributed by atoms with Crippen molar-refractivity contribution in [2.24, 2.45) is 5.41 Å². The van der Waals surface area contributed by atoms with Crippen LogP contribution in [0.3, 0.4) is 0 Å². The molecule has 116 valence electrons. The summed E-state index contributed by atoms with van der Waals surface area (Å²) in [6.45, 7) is 1.26. The molecule has 0 bridgehead atoms. The van der Waals surface area contributed by atoms with E-state index in [2.05, 4.69) is 4.98 Å². The van der Waals surface area contributed by atoms with Crippen LogP contribution in [-0.2, 0) is 10.0 Å². The van der Waals surface area contributed by atoms with Gasteiger partial charge in [-0.05, 0) is 43.2 Å². The predicted octanol–water partition coefficient (Wildman–Crippen LogP) is 2.40. The van der Waals surface area contributed by atoms with E-state index in [1.165, 1.54) is 38.3 Å². The Morgan fingerprint density at radius 2 is 1.71 bits per heavy atom. The molecule has 1 saturated carbocycles. The minimum atomic E-state index is -3.42. The molecule has 2 heterocycles. The maximum Gasteiger partial charge on any atom is 0.244 e. The Labute approximate surface area is 126 Å². The Kier molecular flexibility index (Phi) is 3.92. The van der Waals surface area contributed by atoms with Crippen molar-refractivity contribution in [1.82, 2.24) is 9.29 Å². The standard InChI is InChI=1S/C15H23N3O2S/c16-14-5-4-13(12-17-14)21(19,20)18-10-8-15(9-11-18)6-2-1-3-7-15/h4-5,12H,1-3,6-11H2,(H2,16,17). The van der Waals surface area contributed by atoms with E-state index >= 15 is 0 Å². The number of sulfonamides is 1. The van der Waals surface area contributed by atoms with Crippen molar-refractivity contribution in [1.29, 1.82) is 0 Å². The van der Waals surface area contributed by atoms with Crippen molar-refractivity contribution in [3.63, 3.8) is 0 Å². The molecular formula is C15H23N3O2S. The monoisotopic (exact) mass is 309 g/mol. The third-order valence-corrected chi connectivity index (χ3v) is 6.98. The first-order valence-corrected chi connectivity index (χ1v) is 9.18. The number of aromatic nitrogens is 1. The first-order chi connectivity index (χ1) is 10.0. The average molecular weight is 309 g/mol. The molecule has 1 aromatic heterocycles. The lowest BCUT2D eigenvalue weighted by molar-refractivity contribution is 0.102. The molecule has 5 nitrogen and oxygen atoms in total. The van der Waals surface area contributed by atoms with Crippen LogP contribution in [0, 0.1) is 5.41 Å². The summed E-state index contributed by atoms with van der Waals surface area (Å²) in [6.07, 6.45) is 9.82. The summed E-state index contributed by atoms with van der Waals surface area (Å²) in [6, 6.07) is 3.09. The second-order valence-corrected chi connectivity index (χ2v) is 8.32. The maximum absolute atomic E-state index is 12.6. The van der Waals surface area contributed by atoms with E-state index < -0.39 is 10.0 Å². The molecule has 1 saturated heterocycles. The first kappa shape index (κ1) is 14.8. The number of rotatable bonds is 2. The SMILES string of the molecule is Nc1ccc(S(=O)(=O)N2CCC3(CCCCC3)CC2)cn1. The molecule has 0 amide bonds. The molecule has 6 heteroatoms. The highest BCUT2D eigenvalue weighted by Gasteiger charge is 2.39. The maximum atomic E-state index is 12.6. The zero-order valence-electron chi connectivity index (χ0n) is 12.3. The van der Waals surface area contributed by atoms with Crippen LogP contribution in [0.5, 0.6) is 0 Å². The third kappa shape index (κ3) is 2.92. The fourth-order valence-electron chi connectivity index (χ4n) is 3.70. The van der Waals surface area contributed by atoms with E-state index in [1.54, 1.807) is 16.4 Å². The van der Waals surface area contributed by atoms with Crippen LogP contribution in [0.2, 0.25) is 0 Å². The molecule has 2 N–H and O–H groups in total. The molecule has 1 aliphatic carbocycles. The fraction of sp³-hybridized carbons (Fsp3) is 0.667. The smallest absolute Gasteiger partial charge is 0.244 e.